The summed E-state index contributed by atoms with van der Waals surface area (Å²) in [5.41, 5.74) is -1.19. The Bertz CT molecular complexity index is 811. The average molecular weight is 495 g/mol. The maximum atomic E-state index is 12.8. The fraction of sp³-hybridized carbons (Fsp3) is 0.560. The summed E-state index contributed by atoms with van der Waals surface area (Å²) in [7, 11) is 0. The first kappa shape index (κ1) is 29.6. The van der Waals surface area contributed by atoms with Gasteiger partial charge in [0.1, 0.15) is 31.8 Å². The van der Waals surface area contributed by atoms with Crippen LogP contribution in [-0.4, -0.2) is 61.4 Å². The Morgan fingerprint density at radius 2 is 1.03 bits per heavy atom. The molecule has 0 amide bonds. The molecule has 1 N–H and O–H groups in total. The topological polar surface area (TPSA) is 142 Å². The van der Waals surface area contributed by atoms with Gasteiger partial charge in [-0.3, -0.25) is 9.59 Å². The van der Waals surface area contributed by atoms with Crippen LogP contribution in [0.5, 0.6) is 0 Å². The number of hydrogen-bond donors (Lipinski definition) is 1. The smallest absolute Gasteiger partial charge is 0.333 e. The lowest BCUT2D eigenvalue weighted by atomic mass is 9.79. The Morgan fingerprint density at radius 1 is 0.686 bits per heavy atom. The summed E-state index contributed by atoms with van der Waals surface area (Å²) < 4.78 is 21.2. The molecule has 35 heavy (non-hydrogen) atoms. The highest BCUT2D eigenvalue weighted by Crippen LogP contribution is 2.32. The fourth-order valence-electron chi connectivity index (χ4n) is 3.32. The first-order chi connectivity index (χ1) is 16.3. The predicted molar refractivity (Wildman–Crippen MR) is 124 cm³/mol. The number of hydrogen-bond acceptors (Lipinski definition) is 9. The van der Waals surface area contributed by atoms with Crippen molar-refractivity contribution in [2.45, 2.75) is 46.5 Å². The van der Waals surface area contributed by atoms with E-state index in [1.54, 1.807) is 0 Å². The maximum absolute atomic E-state index is 12.8. The number of aliphatic carboxylic acids is 1. The van der Waals surface area contributed by atoms with Gasteiger partial charge in [0, 0.05) is 16.7 Å². The van der Waals surface area contributed by atoms with Gasteiger partial charge in [-0.15, -0.1) is 0 Å². The van der Waals surface area contributed by atoms with Crippen molar-refractivity contribution < 1.29 is 48.0 Å². The molecule has 0 aliphatic heterocycles. The molecule has 0 aromatic heterocycles. The molecule has 1 aliphatic rings. The highest BCUT2D eigenvalue weighted by molar-refractivity contribution is 5.88. The zero-order chi connectivity index (χ0) is 26.8. The minimum Gasteiger partial charge on any atom is -0.481 e. The molecular weight excluding hydrogens is 460 g/mol. The molecule has 10 nitrogen and oxygen atoms in total. The first-order valence-corrected chi connectivity index (χ1v) is 11.2. The number of esters is 4. The van der Waals surface area contributed by atoms with E-state index in [1.807, 2.05) is 0 Å². The van der Waals surface area contributed by atoms with Crippen LogP contribution in [0.2, 0.25) is 0 Å². The van der Waals surface area contributed by atoms with E-state index in [9.17, 15) is 29.1 Å². The highest BCUT2D eigenvalue weighted by Gasteiger charge is 2.41. The number of carboxylic acids is 1. The minimum atomic E-state index is -1.48. The summed E-state index contributed by atoms with van der Waals surface area (Å²) in [6.45, 7) is 13.0. The third-order valence-corrected chi connectivity index (χ3v) is 5.48. The van der Waals surface area contributed by atoms with Crippen LogP contribution in [0.3, 0.4) is 0 Å². The van der Waals surface area contributed by atoms with Crippen molar-refractivity contribution in [2.75, 3.05) is 26.4 Å². The van der Waals surface area contributed by atoms with Gasteiger partial charge in [-0.05, 0) is 33.6 Å². The Morgan fingerprint density at radius 3 is 1.37 bits per heavy atom. The summed E-state index contributed by atoms with van der Waals surface area (Å²) in [6, 6.07) is 0. The van der Waals surface area contributed by atoms with Gasteiger partial charge in [0.05, 0.1) is 11.8 Å². The number of carbonyl (C=O) groups is 5. The normalized spacial score (nSPS) is 17.5. The van der Waals surface area contributed by atoms with Gasteiger partial charge in [0.25, 0.3) is 0 Å². The van der Waals surface area contributed by atoms with E-state index in [0.717, 1.165) is 0 Å². The van der Waals surface area contributed by atoms with Crippen LogP contribution in [0.15, 0.2) is 36.5 Å². The summed E-state index contributed by atoms with van der Waals surface area (Å²) in [5.74, 6) is -5.82. The van der Waals surface area contributed by atoms with Gasteiger partial charge in [-0.25, -0.2) is 14.4 Å². The van der Waals surface area contributed by atoms with Crippen molar-refractivity contribution >= 4 is 29.8 Å². The lowest BCUT2D eigenvalue weighted by molar-refractivity contribution is -0.173. The molecule has 2 unspecified atom stereocenters. The van der Waals surface area contributed by atoms with Crippen LogP contribution in [-0.2, 0) is 42.9 Å². The molecule has 0 heterocycles. The van der Waals surface area contributed by atoms with Gasteiger partial charge in [-0.1, -0.05) is 32.6 Å². The molecule has 194 valence electrons. The van der Waals surface area contributed by atoms with Crippen molar-refractivity contribution in [2.24, 2.45) is 17.3 Å². The standard InChI is InChI=1S/C25H34O10/c1-15(2)21(28)32-11-25(12-33-22(29)16(3)4,13-34-23(30)17(5)6)14-35-24(31)19-10-8-7-9-18(19)20(26)27/h18-19H,1,3,5,7-14H2,2,4,6H3,(H,26,27). The molecule has 10 heteroatoms. The van der Waals surface area contributed by atoms with E-state index in [2.05, 4.69) is 19.7 Å². The third-order valence-electron chi connectivity index (χ3n) is 5.48. The Labute approximate surface area is 204 Å². The minimum absolute atomic E-state index is 0.0975. The van der Waals surface area contributed by atoms with E-state index in [4.69, 9.17) is 18.9 Å². The molecule has 1 fully saturated rings. The first-order valence-electron chi connectivity index (χ1n) is 11.2. The van der Waals surface area contributed by atoms with E-state index in [0.29, 0.717) is 25.7 Å². The molecule has 0 saturated heterocycles. The molecule has 0 spiro atoms. The molecular formula is C25H34O10. The second kappa shape index (κ2) is 13.5. The van der Waals surface area contributed by atoms with Gasteiger partial charge < -0.3 is 24.1 Å². The number of rotatable bonds is 13. The molecule has 1 rings (SSSR count). The lowest BCUT2D eigenvalue weighted by Gasteiger charge is -2.33. The second-order valence-corrected chi connectivity index (χ2v) is 9.01. The molecule has 2 atom stereocenters. The highest BCUT2D eigenvalue weighted by atomic mass is 16.6. The Balaban J connectivity index is 3.18. The summed E-state index contributed by atoms with van der Waals surface area (Å²) in [5, 5.41) is 9.47. The van der Waals surface area contributed by atoms with Gasteiger partial charge in [-0.2, -0.15) is 0 Å². The predicted octanol–water partition coefficient (Wildman–Crippen LogP) is 2.76. The van der Waals surface area contributed by atoms with E-state index < -0.39 is 73.5 Å². The summed E-state index contributed by atoms with van der Waals surface area (Å²) in [4.78, 5) is 60.6. The molecule has 1 aliphatic carbocycles. The van der Waals surface area contributed by atoms with Gasteiger partial charge in [0.15, 0.2) is 0 Å². The maximum Gasteiger partial charge on any atom is 0.333 e. The molecule has 1 saturated carbocycles. The van der Waals surface area contributed by atoms with Crippen molar-refractivity contribution in [3.05, 3.63) is 36.5 Å². The number of carboxylic acid groups (broad SMARTS) is 1. The van der Waals surface area contributed by atoms with Crippen molar-refractivity contribution in [3.63, 3.8) is 0 Å². The summed E-state index contributed by atoms with van der Waals surface area (Å²) in [6.07, 6.45) is 2.07. The van der Waals surface area contributed by atoms with Crippen molar-refractivity contribution in [3.8, 4) is 0 Å². The van der Waals surface area contributed by atoms with E-state index in [-0.39, 0.29) is 16.7 Å². The third kappa shape index (κ3) is 9.38. The van der Waals surface area contributed by atoms with Crippen LogP contribution >= 0.6 is 0 Å². The Hall–Kier alpha value is -3.43. The molecule has 0 radical (unpaired) electrons. The zero-order valence-electron chi connectivity index (χ0n) is 20.6. The lowest BCUT2D eigenvalue weighted by Crippen LogP contribution is -2.45. The average Bonchev–Trinajstić information content (AvgIpc) is 2.81. The van der Waals surface area contributed by atoms with Crippen LogP contribution < -0.4 is 0 Å². The Kier molecular flexibility index (Phi) is 11.4. The van der Waals surface area contributed by atoms with Crippen molar-refractivity contribution in [1.29, 1.82) is 0 Å². The molecule has 0 bridgehead atoms. The van der Waals surface area contributed by atoms with E-state index >= 15 is 0 Å². The van der Waals surface area contributed by atoms with Crippen LogP contribution in [0.25, 0.3) is 0 Å². The van der Waals surface area contributed by atoms with Crippen LogP contribution in [0, 0.1) is 17.3 Å². The van der Waals surface area contributed by atoms with E-state index in [1.165, 1.54) is 20.8 Å². The van der Waals surface area contributed by atoms with Crippen molar-refractivity contribution in [1.82, 2.24) is 0 Å². The molecule has 0 aromatic carbocycles. The molecule has 0 aromatic rings. The van der Waals surface area contributed by atoms with Crippen LogP contribution in [0.4, 0.5) is 0 Å². The zero-order valence-corrected chi connectivity index (χ0v) is 20.6. The summed E-state index contributed by atoms with van der Waals surface area (Å²) >= 11 is 0. The quantitative estimate of drug-likeness (QED) is 0.231. The fourth-order valence-corrected chi connectivity index (χ4v) is 3.32. The number of carbonyl (C=O) groups excluding carboxylic acids is 4. The monoisotopic (exact) mass is 494 g/mol. The SMILES string of the molecule is C=C(C)C(=O)OCC(COC(=O)C(=C)C)(COC(=O)C(=C)C)COC(=O)C1CCCCC1C(=O)O. The van der Waals surface area contributed by atoms with Crippen LogP contribution in [0.1, 0.15) is 46.5 Å². The van der Waals surface area contributed by atoms with Gasteiger partial charge >= 0.3 is 29.8 Å². The number of ether oxygens (including phenoxy) is 4. The largest absolute Gasteiger partial charge is 0.481 e. The second-order valence-electron chi connectivity index (χ2n) is 9.01. The van der Waals surface area contributed by atoms with Gasteiger partial charge in [0.2, 0.25) is 0 Å².